The molecule has 0 rings (SSSR count). The van der Waals surface area contributed by atoms with E-state index < -0.39 is 11.2 Å². The lowest BCUT2D eigenvalue weighted by Crippen LogP contribution is -2.24. The first-order chi connectivity index (χ1) is 4.77. The van der Waals surface area contributed by atoms with Crippen LogP contribution in [0.4, 0.5) is 0 Å². The Bertz CT molecular complexity index is 70.8. The molecule has 3 N–H and O–H groups in total. The predicted octanol–water partition coefficient (Wildman–Crippen LogP) is -0.697. The van der Waals surface area contributed by atoms with Gasteiger partial charge in [0.15, 0.2) is 0 Å². The van der Waals surface area contributed by atoms with Gasteiger partial charge in [-0.1, -0.05) is 11.2 Å². The Balaban J connectivity index is 2.77. The maximum atomic E-state index is 10.5. The number of rotatable bonds is 6. The molecule has 0 amide bonds. The van der Waals surface area contributed by atoms with Crippen LogP contribution in [0.1, 0.15) is 6.42 Å². The van der Waals surface area contributed by atoms with Crippen LogP contribution >= 0.6 is 0 Å². The molecule has 0 spiro atoms. The highest BCUT2D eigenvalue weighted by Gasteiger charge is 1.94. The molecule has 0 aliphatic heterocycles. The summed E-state index contributed by atoms with van der Waals surface area (Å²) in [7, 11) is 0. The van der Waals surface area contributed by atoms with Crippen molar-refractivity contribution in [3.8, 4) is 0 Å². The summed E-state index contributed by atoms with van der Waals surface area (Å²) in [6, 6.07) is 0. The molecule has 0 aromatic heterocycles. The van der Waals surface area contributed by atoms with Crippen LogP contribution in [0.25, 0.3) is 0 Å². The highest BCUT2D eigenvalue weighted by Crippen LogP contribution is 1.85. The molecule has 3 nitrogen and oxygen atoms in total. The average molecular weight is 164 g/mol. The Morgan fingerprint density at radius 3 is 2.70 bits per heavy atom. The Morgan fingerprint density at radius 1 is 1.50 bits per heavy atom. The summed E-state index contributed by atoms with van der Waals surface area (Å²) in [6.07, 6.45) is 2.70. The Kier molecular flexibility index (Phi) is 7.51. The third kappa shape index (κ3) is 8.23. The quantitative estimate of drug-likeness (QED) is 0.403. The van der Waals surface area contributed by atoms with Crippen LogP contribution in [0, 0.1) is 0 Å². The molecule has 0 aromatic carbocycles. The second-order valence-electron chi connectivity index (χ2n) is 2.17. The third-order valence-corrected chi connectivity index (χ3v) is 1.97. The Morgan fingerprint density at radius 2 is 2.20 bits per heavy atom. The average Bonchev–Trinajstić information content (AvgIpc) is 1.87. The largest absolute Gasteiger partial charge is 0.617 e. The van der Waals surface area contributed by atoms with Crippen LogP contribution in [0.3, 0.4) is 0 Å². The molecule has 0 heterocycles. The number of nitrogens with one attached hydrogen (secondary N) is 1. The van der Waals surface area contributed by atoms with E-state index in [0.29, 0.717) is 6.54 Å². The first kappa shape index (κ1) is 10.2. The maximum Gasteiger partial charge on any atom is 0.106 e. The van der Waals surface area contributed by atoms with Gasteiger partial charge in [0, 0.05) is 19.5 Å². The van der Waals surface area contributed by atoms with E-state index in [4.69, 9.17) is 5.73 Å². The highest BCUT2D eigenvalue weighted by molar-refractivity contribution is 7.90. The van der Waals surface area contributed by atoms with Gasteiger partial charge in [-0.15, -0.1) is 0 Å². The van der Waals surface area contributed by atoms with Crippen molar-refractivity contribution in [2.45, 2.75) is 6.42 Å². The second kappa shape index (κ2) is 7.34. The molecule has 0 radical (unpaired) electrons. The van der Waals surface area contributed by atoms with Crippen LogP contribution < -0.4 is 11.1 Å². The van der Waals surface area contributed by atoms with Gasteiger partial charge in [0.2, 0.25) is 0 Å². The minimum atomic E-state index is -0.642. The van der Waals surface area contributed by atoms with Gasteiger partial charge in [-0.25, -0.2) is 0 Å². The van der Waals surface area contributed by atoms with E-state index in [1.165, 1.54) is 0 Å². The summed E-state index contributed by atoms with van der Waals surface area (Å²) in [4.78, 5) is 0. The molecule has 0 fully saturated rings. The molecular formula is C6H16N2OS. The van der Waals surface area contributed by atoms with Crippen molar-refractivity contribution in [3.63, 3.8) is 0 Å². The van der Waals surface area contributed by atoms with Crippen molar-refractivity contribution in [1.29, 1.82) is 0 Å². The fourth-order valence-corrected chi connectivity index (χ4v) is 1.18. The summed E-state index contributed by atoms with van der Waals surface area (Å²) < 4.78 is 10.5. The van der Waals surface area contributed by atoms with Crippen molar-refractivity contribution >= 4 is 11.2 Å². The van der Waals surface area contributed by atoms with Crippen molar-refractivity contribution in [1.82, 2.24) is 5.32 Å². The lowest BCUT2D eigenvalue weighted by Gasteiger charge is -2.04. The van der Waals surface area contributed by atoms with Crippen LogP contribution in [-0.2, 0) is 11.2 Å². The van der Waals surface area contributed by atoms with Gasteiger partial charge in [-0.05, 0) is 6.54 Å². The number of hydrogen-bond acceptors (Lipinski definition) is 3. The lowest BCUT2D eigenvalue weighted by molar-refractivity contribution is 0.594. The van der Waals surface area contributed by atoms with E-state index in [9.17, 15) is 4.55 Å². The molecule has 10 heavy (non-hydrogen) atoms. The first-order valence-electron chi connectivity index (χ1n) is 3.48. The van der Waals surface area contributed by atoms with Gasteiger partial charge in [-0.3, -0.25) is 0 Å². The zero-order valence-electron chi connectivity index (χ0n) is 6.43. The molecule has 0 aliphatic rings. The fraction of sp³-hybridized carbons (Fsp3) is 1.00. The molecule has 1 atom stereocenters. The molecular weight excluding hydrogens is 148 g/mol. The third-order valence-electron chi connectivity index (χ3n) is 1.11. The van der Waals surface area contributed by atoms with Crippen molar-refractivity contribution in [2.75, 3.05) is 31.6 Å². The van der Waals surface area contributed by atoms with Gasteiger partial charge < -0.3 is 15.6 Å². The Hall–Kier alpha value is 0.230. The van der Waals surface area contributed by atoms with Gasteiger partial charge in [0.05, 0.1) is 6.26 Å². The highest BCUT2D eigenvalue weighted by atomic mass is 32.2. The SMILES string of the molecule is C[S+]([O-])CCCNCCN. The van der Waals surface area contributed by atoms with E-state index in [1.54, 1.807) is 6.26 Å². The molecule has 0 aromatic rings. The minimum Gasteiger partial charge on any atom is -0.617 e. The number of nitrogens with two attached hydrogens (primary N) is 1. The summed E-state index contributed by atoms with van der Waals surface area (Å²) >= 11 is -0.642. The molecule has 0 bridgehead atoms. The van der Waals surface area contributed by atoms with Gasteiger partial charge >= 0.3 is 0 Å². The second-order valence-corrected chi connectivity index (χ2v) is 3.72. The zero-order valence-corrected chi connectivity index (χ0v) is 7.25. The van der Waals surface area contributed by atoms with Gasteiger partial charge in [0.1, 0.15) is 5.75 Å². The van der Waals surface area contributed by atoms with E-state index in [-0.39, 0.29) is 0 Å². The molecule has 4 heteroatoms. The summed E-state index contributed by atoms with van der Waals surface area (Å²) in [6.45, 7) is 2.46. The first-order valence-corrected chi connectivity index (χ1v) is 5.21. The van der Waals surface area contributed by atoms with Crippen molar-refractivity contribution < 1.29 is 4.55 Å². The molecule has 0 aliphatic carbocycles. The molecule has 0 saturated carbocycles. The fourth-order valence-electron chi connectivity index (χ4n) is 0.627. The predicted molar refractivity (Wildman–Crippen MR) is 45.5 cm³/mol. The standard InChI is InChI=1S/C6H16N2OS/c1-10(9)6-2-4-8-5-3-7/h8H,2-7H2,1H3. The molecule has 1 unspecified atom stereocenters. The van der Waals surface area contributed by atoms with Crippen molar-refractivity contribution in [3.05, 3.63) is 0 Å². The lowest BCUT2D eigenvalue weighted by atomic mass is 10.5. The summed E-state index contributed by atoms with van der Waals surface area (Å²) in [5, 5.41) is 3.13. The summed E-state index contributed by atoms with van der Waals surface area (Å²) in [5.74, 6) is 0.789. The number of hydrogen-bond donors (Lipinski definition) is 2. The van der Waals surface area contributed by atoms with E-state index in [0.717, 1.165) is 25.3 Å². The molecule has 0 saturated heterocycles. The summed E-state index contributed by atoms with van der Waals surface area (Å²) in [5.41, 5.74) is 5.25. The topological polar surface area (TPSA) is 61.1 Å². The van der Waals surface area contributed by atoms with Crippen LogP contribution in [0.2, 0.25) is 0 Å². The van der Waals surface area contributed by atoms with E-state index in [1.807, 2.05) is 0 Å². The maximum absolute atomic E-state index is 10.5. The van der Waals surface area contributed by atoms with E-state index >= 15 is 0 Å². The Labute approximate surface area is 65.5 Å². The van der Waals surface area contributed by atoms with Gasteiger partial charge in [0.25, 0.3) is 0 Å². The van der Waals surface area contributed by atoms with Gasteiger partial charge in [-0.2, -0.15) is 0 Å². The van der Waals surface area contributed by atoms with E-state index in [2.05, 4.69) is 5.32 Å². The van der Waals surface area contributed by atoms with Crippen LogP contribution in [-0.4, -0.2) is 36.2 Å². The van der Waals surface area contributed by atoms with Crippen LogP contribution in [0.5, 0.6) is 0 Å². The monoisotopic (exact) mass is 164 g/mol. The van der Waals surface area contributed by atoms with Crippen LogP contribution in [0.15, 0.2) is 0 Å². The van der Waals surface area contributed by atoms with Crippen molar-refractivity contribution in [2.24, 2.45) is 5.73 Å². The normalized spacial score (nSPS) is 13.5. The smallest absolute Gasteiger partial charge is 0.106 e. The zero-order chi connectivity index (χ0) is 7.82. The molecule has 62 valence electrons. The minimum absolute atomic E-state index is 0.642.